The Morgan fingerprint density at radius 2 is 1.90 bits per heavy atom. The maximum atomic E-state index is 12.1. The third-order valence-electron chi connectivity index (χ3n) is 9.09. The van der Waals surface area contributed by atoms with Crippen LogP contribution in [0.1, 0.15) is 72.6 Å². The van der Waals surface area contributed by atoms with Crippen LogP contribution in [0.15, 0.2) is 12.2 Å². The van der Waals surface area contributed by atoms with Crippen molar-refractivity contribution >= 4 is 11.9 Å². The lowest BCUT2D eigenvalue weighted by molar-refractivity contribution is -0.264. The Bertz CT molecular complexity index is 731. The molecule has 4 saturated carbocycles. The van der Waals surface area contributed by atoms with Crippen molar-refractivity contribution in [3.8, 4) is 0 Å². The Balaban J connectivity index is 1.80. The number of esters is 2. The van der Waals surface area contributed by atoms with Crippen molar-refractivity contribution in [2.45, 2.75) is 84.8 Å². The van der Waals surface area contributed by atoms with Crippen molar-refractivity contribution < 1.29 is 24.2 Å². The highest BCUT2D eigenvalue weighted by Gasteiger charge is 2.71. The molecule has 4 rings (SSSR count). The second-order valence-electron chi connectivity index (χ2n) is 10.9. The normalized spacial score (nSPS) is 48.4. The molecule has 0 unspecified atom stereocenters. The summed E-state index contributed by atoms with van der Waals surface area (Å²) in [6, 6.07) is 0. The number of carbonyl (C=O) groups excluding carboxylic acids is 2. The van der Waals surface area contributed by atoms with E-state index in [1.165, 1.54) is 19.4 Å². The van der Waals surface area contributed by atoms with Crippen molar-refractivity contribution in [3.63, 3.8) is 0 Å². The summed E-state index contributed by atoms with van der Waals surface area (Å²) in [5.74, 6) is 0.161. The summed E-state index contributed by atoms with van der Waals surface area (Å²) in [7, 11) is 0. The smallest absolute Gasteiger partial charge is 0.303 e. The predicted octanol–water partition coefficient (Wildman–Crippen LogP) is 4.03. The fourth-order valence-electron chi connectivity index (χ4n) is 8.35. The van der Waals surface area contributed by atoms with Crippen LogP contribution in [-0.2, 0) is 19.1 Å². The molecule has 0 amide bonds. The van der Waals surface area contributed by atoms with Gasteiger partial charge >= 0.3 is 11.9 Å². The molecule has 0 aliphatic heterocycles. The molecule has 4 aliphatic rings. The molecule has 4 aliphatic carbocycles. The zero-order valence-electron chi connectivity index (χ0n) is 18.3. The van der Waals surface area contributed by atoms with Gasteiger partial charge in [-0.15, -0.1) is 0 Å². The van der Waals surface area contributed by atoms with Gasteiger partial charge in [0.25, 0.3) is 0 Å². The van der Waals surface area contributed by atoms with Gasteiger partial charge in [0, 0.05) is 30.6 Å². The van der Waals surface area contributed by atoms with Gasteiger partial charge in [0.05, 0.1) is 12.7 Å². The Kier molecular flexibility index (Phi) is 4.92. The van der Waals surface area contributed by atoms with E-state index in [-0.39, 0.29) is 34.1 Å². The van der Waals surface area contributed by atoms with E-state index in [1.54, 1.807) is 0 Å². The molecule has 0 aromatic heterocycles. The standard InChI is InChI=1S/C24H36O5/c1-14-11-24-12-17(14)7-8-18(24)23(5)10-6-9-22(4,13-28-15(2)25)20(23)19(27)21(24)29-16(3)26/h17-21,27H,1,6-13H2,2-5H3/t17-,18+,19-,20-,21-,22-,23+,24+/m1/s1. The van der Waals surface area contributed by atoms with E-state index >= 15 is 0 Å². The van der Waals surface area contributed by atoms with E-state index in [0.717, 1.165) is 44.9 Å². The number of hydrogen-bond donors (Lipinski definition) is 1. The van der Waals surface area contributed by atoms with E-state index in [0.29, 0.717) is 18.4 Å². The highest BCUT2D eigenvalue weighted by molar-refractivity contribution is 5.66. The van der Waals surface area contributed by atoms with E-state index in [9.17, 15) is 14.7 Å². The van der Waals surface area contributed by atoms with Crippen LogP contribution < -0.4 is 0 Å². The molecule has 4 fully saturated rings. The van der Waals surface area contributed by atoms with Gasteiger partial charge in [0.15, 0.2) is 0 Å². The van der Waals surface area contributed by atoms with Crippen LogP contribution in [0.25, 0.3) is 0 Å². The summed E-state index contributed by atoms with van der Waals surface area (Å²) in [4.78, 5) is 23.6. The summed E-state index contributed by atoms with van der Waals surface area (Å²) < 4.78 is 11.4. The van der Waals surface area contributed by atoms with Crippen molar-refractivity contribution in [1.29, 1.82) is 0 Å². The molecule has 0 aromatic rings. The summed E-state index contributed by atoms with van der Waals surface area (Å²) >= 11 is 0. The molecule has 5 heteroatoms. The Morgan fingerprint density at radius 1 is 1.17 bits per heavy atom. The van der Waals surface area contributed by atoms with Crippen LogP contribution >= 0.6 is 0 Å². The number of rotatable bonds is 3. The molecule has 2 bridgehead atoms. The van der Waals surface area contributed by atoms with Crippen LogP contribution in [-0.4, -0.2) is 35.9 Å². The predicted molar refractivity (Wildman–Crippen MR) is 109 cm³/mol. The minimum atomic E-state index is -0.759. The maximum Gasteiger partial charge on any atom is 0.303 e. The number of carbonyl (C=O) groups is 2. The largest absolute Gasteiger partial charge is 0.465 e. The molecule has 8 atom stereocenters. The van der Waals surface area contributed by atoms with Gasteiger partial charge < -0.3 is 14.6 Å². The monoisotopic (exact) mass is 404 g/mol. The average molecular weight is 405 g/mol. The minimum Gasteiger partial charge on any atom is -0.465 e. The van der Waals surface area contributed by atoms with Crippen LogP contribution in [0, 0.1) is 34.0 Å². The van der Waals surface area contributed by atoms with Gasteiger partial charge in [0.1, 0.15) is 6.10 Å². The van der Waals surface area contributed by atoms with E-state index < -0.39 is 12.2 Å². The number of allylic oxidation sites excluding steroid dienone is 1. The molecule has 5 nitrogen and oxygen atoms in total. The lowest BCUT2D eigenvalue weighted by Gasteiger charge is -2.67. The number of fused-ring (bicyclic) bond motifs is 3. The Labute approximate surface area is 174 Å². The van der Waals surface area contributed by atoms with E-state index in [4.69, 9.17) is 9.47 Å². The van der Waals surface area contributed by atoms with Gasteiger partial charge in [-0.25, -0.2) is 0 Å². The summed E-state index contributed by atoms with van der Waals surface area (Å²) in [5.41, 5.74) is 0.650. The quantitative estimate of drug-likeness (QED) is 0.568. The number of ether oxygens (including phenoxy) is 2. The topological polar surface area (TPSA) is 72.8 Å². The zero-order valence-corrected chi connectivity index (χ0v) is 18.3. The fraction of sp³-hybridized carbons (Fsp3) is 0.833. The van der Waals surface area contributed by atoms with Gasteiger partial charge in [-0.3, -0.25) is 9.59 Å². The highest BCUT2D eigenvalue weighted by Crippen LogP contribution is 2.72. The van der Waals surface area contributed by atoms with Gasteiger partial charge in [0.2, 0.25) is 0 Å². The molecule has 0 saturated heterocycles. The zero-order chi connectivity index (χ0) is 21.2. The lowest BCUT2D eigenvalue weighted by atomic mass is 9.39. The molecule has 29 heavy (non-hydrogen) atoms. The average Bonchev–Trinajstić information content (AvgIpc) is 2.87. The molecule has 1 N–H and O–H groups in total. The van der Waals surface area contributed by atoms with Crippen LogP contribution in [0.4, 0.5) is 0 Å². The fourth-order valence-corrected chi connectivity index (χ4v) is 8.35. The molecule has 0 radical (unpaired) electrons. The third kappa shape index (κ3) is 2.98. The third-order valence-corrected chi connectivity index (χ3v) is 9.09. The number of hydrogen-bond acceptors (Lipinski definition) is 5. The lowest BCUT2D eigenvalue weighted by Crippen LogP contribution is -2.69. The Morgan fingerprint density at radius 3 is 2.55 bits per heavy atom. The van der Waals surface area contributed by atoms with E-state index in [2.05, 4.69) is 20.4 Å². The maximum absolute atomic E-state index is 12.1. The van der Waals surface area contributed by atoms with Crippen molar-refractivity contribution in [1.82, 2.24) is 0 Å². The first-order valence-electron chi connectivity index (χ1n) is 11.2. The Hall–Kier alpha value is -1.36. The van der Waals surface area contributed by atoms with E-state index in [1.807, 2.05) is 0 Å². The van der Waals surface area contributed by atoms with Gasteiger partial charge in [-0.2, -0.15) is 0 Å². The second-order valence-corrected chi connectivity index (χ2v) is 10.9. The van der Waals surface area contributed by atoms with Crippen molar-refractivity contribution in [2.75, 3.05) is 6.61 Å². The number of aliphatic hydroxyl groups excluding tert-OH is 1. The SMILES string of the molecule is C=C1C[C@]23C[C@H]1CC[C@H]2[C@]1(C)CCC[C@](C)(COC(C)=O)[C@H]1[C@@H](O)[C@H]3OC(C)=O. The first-order valence-corrected chi connectivity index (χ1v) is 11.2. The van der Waals surface area contributed by atoms with Crippen molar-refractivity contribution in [3.05, 3.63) is 12.2 Å². The number of aliphatic hydroxyl groups is 1. The molecule has 0 heterocycles. The molecular formula is C24H36O5. The molecular weight excluding hydrogens is 368 g/mol. The molecule has 1 spiro atoms. The van der Waals surface area contributed by atoms with Crippen LogP contribution in [0.2, 0.25) is 0 Å². The minimum absolute atomic E-state index is 0.0706. The van der Waals surface area contributed by atoms with Gasteiger partial charge in [-0.05, 0) is 55.8 Å². The first-order chi connectivity index (χ1) is 13.5. The summed E-state index contributed by atoms with van der Waals surface area (Å²) in [5, 5.41) is 11.8. The molecule has 162 valence electrons. The van der Waals surface area contributed by atoms with Gasteiger partial charge in [-0.1, -0.05) is 32.4 Å². The highest BCUT2D eigenvalue weighted by atomic mass is 16.6. The van der Waals surface area contributed by atoms with Crippen LogP contribution in [0.5, 0.6) is 0 Å². The second kappa shape index (κ2) is 6.83. The first kappa shape index (κ1) is 20.9. The summed E-state index contributed by atoms with van der Waals surface area (Å²) in [6.07, 6.45) is 5.79. The summed E-state index contributed by atoms with van der Waals surface area (Å²) in [6.45, 7) is 12.0. The van der Waals surface area contributed by atoms with Crippen LogP contribution in [0.3, 0.4) is 0 Å². The molecule has 0 aromatic carbocycles. The van der Waals surface area contributed by atoms with Crippen molar-refractivity contribution in [2.24, 2.45) is 34.0 Å².